The van der Waals surface area contributed by atoms with Crippen molar-refractivity contribution in [2.75, 3.05) is 0 Å². The standard InChI is InChI=1S/C16H11BrF3IN2O2/c17-12-5-10(6-13(21)15(12)25)8-22-23-14(24)7-9-2-1-3-11(4-9)16(18,19)20/h1-6,8,25H,7H2,(H,23,24)/b22-8+. The van der Waals surface area contributed by atoms with Crippen LogP contribution in [0.5, 0.6) is 5.75 Å². The topological polar surface area (TPSA) is 61.7 Å². The van der Waals surface area contributed by atoms with Crippen LogP contribution in [0.3, 0.4) is 0 Å². The van der Waals surface area contributed by atoms with Crippen LogP contribution in [-0.4, -0.2) is 17.2 Å². The van der Waals surface area contributed by atoms with Gasteiger partial charge in [-0.25, -0.2) is 5.43 Å². The first kappa shape index (κ1) is 19.7. The van der Waals surface area contributed by atoms with Gasteiger partial charge in [-0.05, 0) is 67.8 Å². The van der Waals surface area contributed by atoms with E-state index in [9.17, 15) is 23.1 Å². The smallest absolute Gasteiger partial charge is 0.416 e. The van der Waals surface area contributed by atoms with Crippen molar-refractivity contribution < 1.29 is 23.1 Å². The zero-order chi connectivity index (χ0) is 18.6. The number of alkyl halides is 3. The van der Waals surface area contributed by atoms with Gasteiger partial charge in [0.2, 0.25) is 5.91 Å². The highest BCUT2D eigenvalue weighted by Crippen LogP contribution is 2.30. The molecule has 0 heterocycles. The normalized spacial score (nSPS) is 11.7. The van der Waals surface area contributed by atoms with E-state index in [-0.39, 0.29) is 17.7 Å². The molecule has 0 saturated heterocycles. The van der Waals surface area contributed by atoms with Crippen LogP contribution in [0.15, 0.2) is 46.0 Å². The van der Waals surface area contributed by atoms with Crippen LogP contribution in [0, 0.1) is 3.57 Å². The van der Waals surface area contributed by atoms with E-state index >= 15 is 0 Å². The lowest BCUT2D eigenvalue weighted by Gasteiger charge is -2.08. The van der Waals surface area contributed by atoms with E-state index in [4.69, 9.17) is 0 Å². The third kappa shape index (κ3) is 5.70. The van der Waals surface area contributed by atoms with Gasteiger partial charge in [0.25, 0.3) is 0 Å². The monoisotopic (exact) mass is 526 g/mol. The minimum absolute atomic E-state index is 0.103. The molecule has 0 spiro atoms. The second-order valence-electron chi connectivity index (χ2n) is 5.00. The van der Waals surface area contributed by atoms with Gasteiger partial charge in [0.1, 0.15) is 5.75 Å². The predicted molar refractivity (Wildman–Crippen MR) is 99.4 cm³/mol. The molecule has 0 aliphatic carbocycles. The summed E-state index contributed by atoms with van der Waals surface area (Å²) in [5, 5.41) is 13.4. The van der Waals surface area contributed by atoms with Gasteiger partial charge in [-0.15, -0.1) is 0 Å². The van der Waals surface area contributed by atoms with Gasteiger partial charge in [-0.2, -0.15) is 18.3 Å². The van der Waals surface area contributed by atoms with Gasteiger partial charge >= 0.3 is 6.18 Å². The van der Waals surface area contributed by atoms with Crippen molar-refractivity contribution in [3.05, 3.63) is 61.1 Å². The Morgan fingerprint density at radius 1 is 1.32 bits per heavy atom. The van der Waals surface area contributed by atoms with Crippen molar-refractivity contribution in [1.82, 2.24) is 5.43 Å². The van der Waals surface area contributed by atoms with Crippen molar-refractivity contribution in [3.8, 4) is 5.75 Å². The Kier molecular flexibility index (Phi) is 6.44. The highest BCUT2D eigenvalue weighted by Gasteiger charge is 2.30. The summed E-state index contributed by atoms with van der Waals surface area (Å²) < 4.78 is 39.0. The molecule has 2 aromatic rings. The third-order valence-corrected chi connectivity index (χ3v) is 4.49. The van der Waals surface area contributed by atoms with E-state index in [0.717, 1.165) is 12.1 Å². The zero-order valence-corrected chi connectivity index (χ0v) is 16.2. The summed E-state index contributed by atoms with van der Waals surface area (Å²) in [6, 6.07) is 7.85. The number of hydrazone groups is 1. The summed E-state index contributed by atoms with van der Waals surface area (Å²) in [7, 11) is 0. The maximum atomic E-state index is 12.6. The Morgan fingerprint density at radius 3 is 2.68 bits per heavy atom. The molecule has 9 heteroatoms. The molecular weight excluding hydrogens is 516 g/mol. The molecule has 25 heavy (non-hydrogen) atoms. The number of halogens is 5. The zero-order valence-electron chi connectivity index (χ0n) is 12.4. The van der Waals surface area contributed by atoms with E-state index in [1.807, 2.05) is 22.6 Å². The van der Waals surface area contributed by atoms with Crippen LogP contribution in [0.4, 0.5) is 13.2 Å². The Morgan fingerprint density at radius 2 is 2.04 bits per heavy atom. The second-order valence-corrected chi connectivity index (χ2v) is 7.02. The van der Waals surface area contributed by atoms with Gasteiger partial charge < -0.3 is 5.11 Å². The molecule has 0 aromatic heterocycles. The molecule has 4 nitrogen and oxygen atoms in total. The number of carbonyl (C=O) groups is 1. The van der Waals surface area contributed by atoms with Crippen LogP contribution in [0.1, 0.15) is 16.7 Å². The Labute approximate surface area is 163 Å². The maximum absolute atomic E-state index is 12.6. The SMILES string of the molecule is O=C(Cc1cccc(C(F)(F)F)c1)N/N=C/c1cc(Br)c(O)c(I)c1. The predicted octanol–water partition coefficient (Wildman–Crippen LogP) is 4.47. The molecule has 2 rings (SSSR count). The molecule has 0 unspecified atom stereocenters. The Hall–Kier alpha value is -1.62. The molecule has 0 aliphatic rings. The van der Waals surface area contributed by atoms with Crippen LogP contribution >= 0.6 is 38.5 Å². The number of rotatable bonds is 4. The highest BCUT2D eigenvalue weighted by molar-refractivity contribution is 14.1. The number of aromatic hydroxyl groups is 1. The number of hydrogen-bond acceptors (Lipinski definition) is 3. The summed E-state index contributed by atoms with van der Waals surface area (Å²) >= 11 is 5.13. The fraction of sp³-hybridized carbons (Fsp3) is 0.125. The molecule has 2 N–H and O–H groups in total. The average molecular weight is 527 g/mol. The summed E-state index contributed by atoms with van der Waals surface area (Å²) in [4.78, 5) is 11.8. The van der Waals surface area contributed by atoms with Crippen molar-refractivity contribution >= 4 is 50.6 Å². The van der Waals surface area contributed by atoms with Crippen molar-refractivity contribution in [3.63, 3.8) is 0 Å². The lowest BCUT2D eigenvalue weighted by Crippen LogP contribution is -2.20. The number of carbonyl (C=O) groups excluding carboxylic acids is 1. The van der Waals surface area contributed by atoms with E-state index in [1.165, 1.54) is 18.3 Å². The number of benzene rings is 2. The van der Waals surface area contributed by atoms with E-state index in [1.54, 1.807) is 12.1 Å². The van der Waals surface area contributed by atoms with Crippen LogP contribution in [0.25, 0.3) is 0 Å². The van der Waals surface area contributed by atoms with E-state index in [2.05, 4.69) is 26.5 Å². The first-order valence-electron chi connectivity index (χ1n) is 6.83. The van der Waals surface area contributed by atoms with Gasteiger partial charge in [0, 0.05) is 0 Å². The molecule has 0 radical (unpaired) electrons. The number of nitrogens with zero attached hydrogens (tertiary/aromatic N) is 1. The van der Waals surface area contributed by atoms with E-state index < -0.39 is 17.6 Å². The molecule has 2 aromatic carbocycles. The number of phenolic OH excluding ortho intramolecular Hbond substituents is 1. The van der Waals surface area contributed by atoms with Gasteiger partial charge in [0.15, 0.2) is 0 Å². The first-order chi connectivity index (χ1) is 11.7. The maximum Gasteiger partial charge on any atom is 0.416 e. The molecule has 0 aliphatic heterocycles. The van der Waals surface area contributed by atoms with Crippen molar-refractivity contribution in [1.29, 1.82) is 0 Å². The third-order valence-electron chi connectivity index (χ3n) is 3.06. The number of amides is 1. The largest absolute Gasteiger partial charge is 0.506 e. The molecular formula is C16H11BrF3IN2O2. The highest BCUT2D eigenvalue weighted by atomic mass is 127. The molecule has 0 fully saturated rings. The number of hydrogen-bond donors (Lipinski definition) is 2. The fourth-order valence-corrected chi connectivity index (χ4v) is 3.42. The van der Waals surface area contributed by atoms with Gasteiger partial charge in [-0.3, -0.25) is 4.79 Å². The number of phenols is 1. The molecule has 132 valence electrons. The second kappa shape index (κ2) is 8.17. The van der Waals surface area contributed by atoms with Crippen LogP contribution in [-0.2, 0) is 17.4 Å². The molecule has 0 saturated carbocycles. The minimum atomic E-state index is -4.45. The minimum Gasteiger partial charge on any atom is -0.506 e. The summed E-state index contributed by atoms with van der Waals surface area (Å²) in [6.45, 7) is 0. The summed E-state index contributed by atoms with van der Waals surface area (Å²) in [6.07, 6.45) is -3.30. The molecule has 1 amide bonds. The molecule has 0 bridgehead atoms. The quantitative estimate of drug-likeness (QED) is 0.351. The fourth-order valence-electron chi connectivity index (χ4n) is 1.92. The summed E-state index contributed by atoms with van der Waals surface area (Å²) in [5.41, 5.74) is 2.33. The lowest BCUT2D eigenvalue weighted by molar-refractivity contribution is -0.137. The number of nitrogens with one attached hydrogen (secondary N) is 1. The van der Waals surface area contributed by atoms with Crippen LogP contribution in [0.2, 0.25) is 0 Å². The summed E-state index contributed by atoms with van der Waals surface area (Å²) in [5.74, 6) is -0.436. The van der Waals surface area contributed by atoms with Crippen LogP contribution < -0.4 is 5.43 Å². The van der Waals surface area contributed by atoms with Crippen molar-refractivity contribution in [2.24, 2.45) is 5.10 Å². The van der Waals surface area contributed by atoms with Gasteiger partial charge in [0.05, 0.1) is 26.2 Å². The Balaban J connectivity index is 1.99. The van der Waals surface area contributed by atoms with Crippen molar-refractivity contribution in [2.45, 2.75) is 12.6 Å². The Bertz CT molecular complexity index is 802. The molecule has 0 atom stereocenters. The van der Waals surface area contributed by atoms with E-state index in [0.29, 0.717) is 13.6 Å². The van der Waals surface area contributed by atoms with Gasteiger partial charge in [-0.1, -0.05) is 18.2 Å². The lowest BCUT2D eigenvalue weighted by atomic mass is 10.1. The average Bonchev–Trinajstić information content (AvgIpc) is 2.52. The first-order valence-corrected chi connectivity index (χ1v) is 8.70.